The van der Waals surface area contributed by atoms with E-state index in [2.05, 4.69) is 37.4 Å². The van der Waals surface area contributed by atoms with E-state index in [4.69, 9.17) is 11.6 Å². The molecule has 1 unspecified atom stereocenters. The Morgan fingerprint density at radius 2 is 2.18 bits per heavy atom. The lowest BCUT2D eigenvalue weighted by Gasteiger charge is -2.21. The molecule has 1 aromatic rings. The molecule has 0 bridgehead atoms. The summed E-state index contributed by atoms with van der Waals surface area (Å²) in [5, 5.41) is 4.59. The third-order valence-electron chi connectivity index (χ3n) is 3.50. The van der Waals surface area contributed by atoms with Crippen molar-refractivity contribution in [2.45, 2.75) is 45.6 Å². The van der Waals surface area contributed by atoms with Crippen LogP contribution in [0.2, 0.25) is 5.02 Å². The van der Waals surface area contributed by atoms with Gasteiger partial charge in [-0.25, -0.2) is 0 Å². The Bertz CT molecular complexity index is 371. The van der Waals surface area contributed by atoms with Crippen LogP contribution < -0.4 is 5.32 Å². The number of hydrogen-bond acceptors (Lipinski definition) is 1. The molecule has 1 saturated carbocycles. The lowest BCUT2D eigenvalue weighted by atomic mass is 9.99. The first-order valence-electron chi connectivity index (χ1n) is 6.70. The van der Waals surface area contributed by atoms with E-state index in [1.54, 1.807) is 0 Å². The normalized spacial score (nSPS) is 17.1. The van der Waals surface area contributed by atoms with E-state index in [0.29, 0.717) is 6.04 Å². The number of halogens is 1. The number of rotatable bonds is 6. The summed E-state index contributed by atoms with van der Waals surface area (Å²) in [6, 6.07) is 6.81. The van der Waals surface area contributed by atoms with Crippen molar-refractivity contribution < 1.29 is 0 Å². The van der Waals surface area contributed by atoms with Crippen LogP contribution in [-0.4, -0.2) is 6.54 Å². The van der Waals surface area contributed by atoms with Crippen molar-refractivity contribution in [2.24, 2.45) is 5.92 Å². The second-order valence-corrected chi connectivity index (χ2v) is 5.54. The van der Waals surface area contributed by atoms with E-state index in [1.807, 2.05) is 0 Å². The highest BCUT2D eigenvalue weighted by atomic mass is 35.5. The van der Waals surface area contributed by atoms with Gasteiger partial charge in [0.2, 0.25) is 0 Å². The van der Waals surface area contributed by atoms with Gasteiger partial charge in [-0.1, -0.05) is 49.6 Å². The van der Waals surface area contributed by atoms with Crippen molar-refractivity contribution in [1.29, 1.82) is 0 Å². The third kappa shape index (κ3) is 3.46. The highest BCUT2D eigenvalue weighted by Gasteiger charge is 2.27. The molecule has 17 heavy (non-hydrogen) atoms. The van der Waals surface area contributed by atoms with Crippen molar-refractivity contribution in [3.8, 4) is 0 Å². The van der Waals surface area contributed by atoms with Gasteiger partial charge in [0.1, 0.15) is 0 Å². The maximum absolute atomic E-state index is 6.43. The summed E-state index contributed by atoms with van der Waals surface area (Å²) < 4.78 is 0. The van der Waals surface area contributed by atoms with Crippen LogP contribution >= 0.6 is 11.6 Å². The van der Waals surface area contributed by atoms with E-state index >= 15 is 0 Å². The first-order valence-corrected chi connectivity index (χ1v) is 7.08. The zero-order chi connectivity index (χ0) is 12.3. The highest BCUT2D eigenvalue weighted by molar-refractivity contribution is 6.32. The molecule has 0 spiro atoms. The molecule has 1 atom stereocenters. The molecule has 0 radical (unpaired) electrons. The molecule has 1 aliphatic rings. The molecule has 0 amide bonds. The zero-order valence-corrected chi connectivity index (χ0v) is 11.6. The first-order chi connectivity index (χ1) is 8.22. The Balaban J connectivity index is 2.14. The molecule has 1 nitrogen and oxygen atoms in total. The minimum Gasteiger partial charge on any atom is -0.310 e. The summed E-state index contributed by atoms with van der Waals surface area (Å²) in [5.41, 5.74) is 2.47. The van der Waals surface area contributed by atoms with E-state index in [1.165, 1.54) is 36.8 Å². The maximum Gasteiger partial charge on any atom is 0.0482 e. The third-order valence-corrected chi connectivity index (χ3v) is 4.02. The van der Waals surface area contributed by atoms with Crippen LogP contribution in [0, 0.1) is 12.8 Å². The molecule has 0 saturated heterocycles. The number of hydrogen-bond donors (Lipinski definition) is 1. The molecule has 1 fully saturated rings. The summed E-state index contributed by atoms with van der Waals surface area (Å²) in [6.45, 7) is 5.36. The van der Waals surface area contributed by atoms with Crippen molar-refractivity contribution in [2.75, 3.05) is 6.54 Å². The number of benzene rings is 1. The molecule has 0 aromatic heterocycles. The van der Waals surface area contributed by atoms with Crippen molar-refractivity contribution in [3.05, 3.63) is 34.3 Å². The summed E-state index contributed by atoms with van der Waals surface area (Å²) in [5.74, 6) is 0.918. The summed E-state index contributed by atoms with van der Waals surface area (Å²) in [7, 11) is 0. The first kappa shape index (κ1) is 12.9. The molecule has 94 valence electrons. The quantitative estimate of drug-likeness (QED) is 0.786. The standard InChI is InChI=1S/C15H22ClN/c1-3-9-17-14(10-12-7-8-12)13-6-4-5-11(2)15(13)16/h4-6,12,14,17H,3,7-10H2,1-2H3. The Morgan fingerprint density at radius 3 is 2.82 bits per heavy atom. The van der Waals surface area contributed by atoms with Crippen molar-refractivity contribution in [3.63, 3.8) is 0 Å². The molecule has 0 aliphatic heterocycles. The minimum atomic E-state index is 0.440. The fraction of sp³-hybridized carbons (Fsp3) is 0.600. The molecule has 2 rings (SSSR count). The average molecular weight is 252 g/mol. The van der Waals surface area contributed by atoms with Crippen LogP contribution in [0.15, 0.2) is 18.2 Å². The monoisotopic (exact) mass is 251 g/mol. The van der Waals surface area contributed by atoms with E-state index < -0.39 is 0 Å². The van der Waals surface area contributed by atoms with Gasteiger partial charge in [-0.3, -0.25) is 0 Å². The molecule has 1 aliphatic carbocycles. The molecule has 1 aromatic carbocycles. The van der Waals surface area contributed by atoms with E-state index in [9.17, 15) is 0 Å². The van der Waals surface area contributed by atoms with Crippen LogP contribution in [0.5, 0.6) is 0 Å². The lowest BCUT2D eigenvalue weighted by Crippen LogP contribution is -2.23. The fourth-order valence-electron chi connectivity index (χ4n) is 2.26. The smallest absolute Gasteiger partial charge is 0.0482 e. The van der Waals surface area contributed by atoms with Gasteiger partial charge in [0.05, 0.1) is 0 Å². The minimum absolute atomic E-state index is 0.440. The van der Waals surface area contributed by atoms with Gasteiger partial charge in [0, 0.05) is 11.1 Å². The molecular formula is C15H22ClN. The van der Waals surface area contributed by atoms with Gasteiger partial charge in [0.15, 0.2) is 0 Å². The van der Waals surface area contributed by atoms with Crippen molar-refractivity contribution in [1.82, 2.24) is 5.32 Å². The lowest BCUT2D eigenvalue weighted by molar-refractivity contribution is 0.474. The van der Waals surface area contributed by atoms with Gasteiger partial charge in [0.25, 0.3) is 0 Å². The van der Waals surface area contributed by atoms with Gasteiger partial charge < -0.3 is 5.32 Å². The number of aryl methyl sites for hydroxylation is 1. The predicted molar refractivity (Wildman–Crippen MR) is 74.6 cm³/mol. The van der Waals surface area contributed by atoms with Crippen LogP contribution in [0.3, 0.4) is 0 Å². The largest absolute Gasteiger partial charge is 0.310 e. The Kier molecular flexibility index (Phi) is 4.47. The fourth-order valence-corrected chi connectivity index (χ4v) is 2.52. The van der Waals surface area contributed by atoms with Gasteiger partial charge in [-0.2, -0.15) is 0 Å². The van der Waals surface area contributed by atoms with Crippen LogP contribution in [0.25, 0.3) is 0 Å². The van der Waals surface area contributed by atoms with Crippen LogP contribution in [-0.2, 0) is 0 Å². The maximum atomic E-state index is 6.43. The Labute approximate surface area is 110 Å². The van der Waals surface area contributed by atoms with Gasteiger partial charge >= 0.3 is 0 Å². The van der Waals surface area contributed by atoms with Crippen molar-refractivity contribution >= 4 is 11.6 Å². The summed E-state index contributed by atoms with van der Waals surface area (Å²) >= 11 is 6.43. The second kappa shape index (κ2) is 5.88. The van der Waals surface area contributed by atoms with Gasteiger partial charge in [-0.05, 0) is 43.4 Å². The second-order valence-electron chi connectivity index (χ2n) is 5.16. The van der Waals surface area contributed by atoms with E-state index in [-0.39, 0.29) is 0 Å². The zero-order valence-electron chi connectivity index (χ0n) is 10.8. The Hall–Kier alpha value is -0.530. The molecule has 0 heterocycles. The summed E-state index contributed by atoms with van der Waals surface area (Å²) in [6.07, 6.45) is 5.20. The molecule has 1 N–H and O–H groups in total. The number of nitrogens with one attached hydrogen (secondary N) is 1. The van der Waals surface area contributed by atoms with Crippen LogP contribution in [0.4, 0.5) is 0 Å². The molecule has 2 heteroatoms. The van der Waals surface area contributed by atoms with E-state index in [0.717, 1.165) is 17.5 Å². The predicted octanol–water partition coefficient (Wildman–Crippen LogP) is 4.49. The topological polar surface area (TPSA) is 12.0 Å². The average Bonchev–Trinajstić information content (AvgIpc) is 3.12. The highest BCUT2D eigenvalue weighted by Crippen LogP contribution is 2.39. The Morgan fingerprint density at radius 1 is 1.41 bits per heavy atom. The SMILES string of the molecule is CCCNC(CC1CC1)c1cccc(C)c1Cl. The molecular weight excluding hydrogens is 230 g/mol. The summed E-state index contributed by atoms with van der Waals surface area (Å²) in [4.78, 5) is 0. The van der Waals surface area contributed by atoms with Gasteiger partial charge in [-0.15, -0.1) is 0 Å². The van der Waals surface area contributed by atoms with Crippen LogP contribution in [0.1, 0.15) is 49.8 Å².